The van der Waals surface area contributed by atoms with E-state index in [1.54, 1.807) is 0 Å². The number of unbranched alkanes of at least 4 members (excludes halogenated alkanes) is 1. The largest absolute Gasteiger partial charge is 0.338 e. The number of hydrogen-bond donors (Lipinski definition) is 0. The van der Waals surface area contributed by atoms with Gasteiger partial charge < -0.3 is 4.90 Å². The van der Waals surface area contributed by atoms with Crippen LogP contribution in [-0.2, 0) is 17.8 Å². The number of hydrogen-bond acceptors (Lipinski definition) is 3. The van der Waals surface area contributed by atoms with Crippen LogP contribution >= 0.6 is 11.3 Å². The number of piperidine rings is 1. The second-order valence-corrected chi connectivity index (χ2v) is 7.95. The van der Waals surface area contributed by atoms with Crippen molar-refractivity contribution in [3.8, 4) is 0 Å². The van der Waals surface area contributed by atoms with E-state index in [1.807, 2.05) is 11.3 Å². The monoisotopic (exact) mass is 320 g/mol. The lowest BCUT2D eigenvalue weighted by atomic mass is 10.0. The van der Waals surface area contributed by atoms with E-state index in [-0.39, 0.29) is 0 Å². The third-order valence-electron chi connectivity index (χ3n) is 4.90. The molecule has 4 heteroatoms. The highest BCUT2D eigenvalue weighted by molar-refractivity contribution is 7.11. The molecule has 2 saturated heterocycles. The molecule has 3 heterocycles. The van der Waals surface area contributed by atoms with Gasteiger partial charge in [-0.05, 0) is 50.8 Å². The van der Waals surface area contributed by atoms with Crippen LogP contribution in [0.4, 0.5) is 0 Å². The number of carbonyl (C=O) groups is 1. The molecule has 1 atom stereocenters. The zero-order valence-electron chi connectivity index (χ0n) is 13.7. The van der Waals surface area contributed by atoms with E-state index in [0.717, 1.165) is 32.5 Å². The number of nitrogens with zero attached hydrogens (tertiary/aromatic N) is 2. The predicted octanol–water partition coefficient (Wildman–Crippen LogP) is 3.68. The van der Waals surface area contributed by atoms with Gasteiger partial charge in [0.15, 0.2) is 0 Å². The van der Waals surface area contributed by atoms with E-state index in [9.17, 15) is 4.79 Å². The Balaban J connectivity index is 1.53. The third kappa shape index (κ3) is 3.90. The predicted molar refractivity (Wildman–Crippen MR) is 92.2 cm³/mol. The van der Waals surface area contributed by atoms with Crippen LogP contribution in [-0.4, -0.2) is 41.4 Å². The Bertz CT molecular complexity index is 499. The van der Waals surface area contributed by atoms with Gasteiger partial charge in [0, 0.05) is 41.9 Å². The summed E-state index contributed by atoms with van der Waals surface area (Å²) in [5, 5.41) is 0. The van der Waals surface area contributed by atoms with E-state index in [1.165, 1.54) is 48.4 Å². The second kappa shape index (κ2) is 7.60. The summed E-state index contributed by atoms with van der Waals surface area (Å²) >= 11 is 1.98. The minimum atomic E-state index is 0.379. The Kier molecular flexibility index (Phi) is 5.53. The fourth-order valence-corrected chi connectivity index (χ4v) is 4.80. The van der Waals surface area contributed by atoms with Crippen molar-refractivity contribution < 1.29 is 4.79 Å². The number of amides is 1. The van der Waals surface area contributed by atoms with Crippen LogP contribution < -0.4 is 0 Å². The molecule has 0 unspecified atom stereocenters. The summed E-state index contributed by atoms with van der Waals surface area (Å²) in [6.07, 6.45) is 8.03. The van der Waals surface area contributed by atoms with Crippen molar-refractivity contribution in [1.29, 1.82) is 0 Å². The van der Waals surface area contributed by atoms with Gasteiger partial charge in [0.2, 0.25) is 5.91 Å². The van der Waals surface area contributed by atoms with Crippen molar-refractivity contribution in [2.24, 2.45) is 0 Å². The molecule has 2 aliphatic heterocycles. The van der Waals surface area contributed by atoms with Crippen LogP contribution in [0.15, 0.2) is 12.1 Å². The van der Waals surface area contributed by atoms with Crippen LogP contribution in [0.3, 0.4) is 0 Å². The van der Waals surface area contributed by atoms with E-state index in [2.05, 4.69) is 28.9 Å². The maximum atomic E-state index is 12.0. The smallest absolute Gasteiger partial charge is 0.222 e. The first kappa shape index (κ1) is 16.0. The Morgan fingerprint density at radius 1 is 1.23 bits per heavy atom. The summed E-state index contributed by atoms with van der Waals surface area (Å²) < 4.78 is 0. The second-order valence-electron chi connectivity index (χ2n) is 6.69. The Morgan fingerprint density at radius 3 is 2.86 bits per heavy atom. The fourth-order valence-electron chi connectivity index (χ4n) is 3.70. The van der Waals surface area contributed by atoms with Gasteiger partial charge in [-0.25, -0.2) is 0 Å². The summed E-state index contributed by atoms with van der Waals surface area (Å²) in [5.41, 5.74) is 0. The third-order valence-corrected chi connectivity index (χ3v) is 6.03. The molecule has 0 radical (unpaired) electrons. The highest BCUT2D eigenvalue weighted by Gasteiger charge is 2.31. The van der Waals surface area contributed by atoms with Crippen LogP contribution in [0.25, 0.3) is 0 Å². The van der Waals surface area contributed by atoms with Crippen molar-refractivity contribution in [2.75, 3.05) is 19.6 Å². The number of rotatable bonds is 6. The molecule has 1 amide bonds. The summed E-state index contributed by atoms with van der Waals surface area (Å²) in [4.78, 5) is 19.7. The van der Waals surface area contributed by atoms with Crippen LogP contribution in [0.2, 0.25) is 0 Å². The van der Waals surface area contributed by atoms with Crippen molar-refractivity contribution in [3.63, 3.8) is 0 Å². The summed E-state index contributed by atoms with van der Waals surface area (Å²) in [5.74, 6) is 0.379. The maximum Gasteiger partial charge on any atom is 0.222 e. The first-order valence-corrected chi connectivity index (χ1v) is 9.67. The molecule has 3 rings (SSSR count). The molecule has 1 aromatic heterocycles. The molecule has 0 spiro atoms. The lowest BCUT2D eigenvalue weighted by Crippen LogP contribution is -2.47. The molecule has 0 N–H and O–H groups in total. The normalized spacial score (nSPS) is 23.4. The van der Waals surface area contributed by atoms with Gasteiger partial charge in [0.25, 0.3) is 0 Å². The Labute approximate surface area is 138 Å². The molecule has 2 aliphatic rings. The SMILES string of the molecule is CCCCc1ccc(CN2CCC[C@H](N3CCCC3=O)C2)s1. The average Bonchev–Trinajstić information content (AvgIpc) is 3.14. The molecule has 2 fully saturated rings. The van der Waals surface area contributed by atoms with E-state index < -0.39 is 0 Å². The molecule has 0 aromatic carbocycles. The van der Waals surface area contributed by atoms with Crippen LogP contribution in [0, 0.1) is 0 Å². The molecule has 0 saturated carbocycles. The minimum absolute atomic E-state index is 0.379. The van der Waals surface area contributed by atoms with Gasteiger partial charge in [-0.3, -0.25) is 9.69 Å². The number of aryl methyl sites for hydroxylation is 1. The van der Waals surface area contributed by atoms with Crippen molar-refractivity contribution in [1.82, 2.24) is 9.80 Å². The topological polar surface area (TPSA) is 23.6 Å². The lowest BCUT2D eigenvalue weighted by Gasteiger charge is -2.37. The number of likely N-dealkylation sites (tertiary alicyclic amines) is 2. The lowest BCUT2D eigenvalue weighted by molar-refractivity contribution is -0.130. The first-order valence-electron chi connectivity index (χ1n) is 8.85. The van der Waals surface area contributed by atoms with E-state index in [4.69, 9.17) is 0 Å². The Hall–Kier alpha value is -0.870. The molecule has 0 aliphatic carbocycles. The summed E-state index contributed by atoms with van der Waals surface area (Å²) in [7, 11) is 0. The van der Waals surface area contributed by atoms with E-state index >= 15 is 0 Å². The quantitative estimate of drug-likeness (QED) is 0.798. The Morgan fingerprint density at radius 2 is 2.09 bits per heavy atom. The van der Waals surface area contributed by atoms with Gasteiger partial charge >= 0.3 is 0 Å². The highest BCUT2D eigenvalue weighted by atomic mass is 32.1. The van der Waals surface area contributed by atoms with Gasteiger partial charge in [0.1, 0.15) is 0 Å². The molecule has 122 valence electrons. The van der Waals surface area contributed by atoms with Crippen molar-refractivity contribution in [3.05, 3.63) is 21.9 Å². The van der Waals surface area contributed by atoms with Gasteiger partial charge in [0.05, 0.1) is 0 Å². The minimum Gasteiger partial charge on any atom is -0.338 e. The fraction of sp³-hybridized carbons (Fsp3) is 0.722. The van der Waals surface area contributed by atoms with Crippen molar-refractivity contribution in [2.45, 2.75) is 64.5 Å². The molecule has 3 nitrogen and oxygen atoms in total. The average molecular weight is 321 g/mol. The highest BCUT2D eigenvalue weighted by Crippen LogP contribution is 2.25. The zero-order chi connectivity index (χ0) is 15.4. The molecular formula is C18H28N2OS. The molecule has 22 heavy (non-hydrogen) atoms. The van der Waals surface area contributed by atoms with Crippen LogP contribution in [0.5, 0.6) is 0 Å². The summed E-state index contributed by atoms with van der Waals surface area (Å²) in [6, 6.07) is 5.07. The summed E-state index contributed by atoms with van der Waals surface area (Å²) in [6.45, 7) is 6.55. The van der Waals surface area contributed by atoms with E-state index in [0.29, 0.717) is 11.9 Å². The standard InChI is InChI=1S/C18H28N2OS/c1-2-3-7-16-9-10-17(22-16)14-19-11-4-6-15(13-19)20-12-5-8-18(20)21/h9-10,15H,2-8,11-14H2,1H3/t15-/m0/s1. The van der Waals surface area contributed by atoms with Crippen LogP contribution in [0.1, 0.15) is 55.2 Å². The molecule has 0 bridgehead atoms. The van der Waals surface area contributed by atoms with Gasteiger partial charge in [-0.15, -0.1) is 11.3 Å². The zero-order valence-corrected chi connectivity index (χ0v) is 14.5. The molecule has 1 aromatic rings. The number of carbonyl (C=O) groups excluding carboxylic acids is 1. The number of thiophene rings is 1. The van der Waals surface area contributed by atoms with Crippen molar-refractivity contribution >= 4 is 17.2 Å². The van der Waals surface area contributed by atoms with Gasteiger partial charge in [-0.2, -0.15) is 0 Å². The maximum absolute atomic E-state index is 12.0. The van der Waals surface area contributed by atoms with Gasteiger partial charge in [-0.1, -0.05) is 13.3 Å². The first-order chi connectivity index (χ1) is 10.8. The molecular weight excluding hydrogens is 292 g/mol.